The molecule has 0 radical (unpaired) electrons. The molecule has 1 aromatic heterocycles. The van der Waals surface area contributed by atoms with E-state index in [1.807, 2.05) is 6.20 Å². The van der Waals surface area contributed by atoms with E-state index in [9.17, 15) is 0 Å². The quantitative estimate of drug-likeness (QED) is 0.851. The lowest BCUT2D eigenvalue weighted by Crippen LogP contribution is -2.32. The number of aryl methyl sites for hydroxylation is 1. The Morgan fingerprint density at radius 3 is 2.79 bits per heavy atom. The van der Waals surface area contributed by atoms with E-state index in [0.717, 1.165) is 29.8 Å². The SMILES string of the molecule is CCNc1ncc(C)c(NC2CCCCC2CC)n1. The van der Waals surface area contributed by atoms with Crippen LogP contribution in [0.25, 0.3) is 0 Å². The van der Waals surface area contributed by atoms with E-state index in [0.29, 0.717) is 6.04 Å². The molecule has 0 bridgehead atoms. The molecule has 2 rings (SSSR count). The van der Waals surface area contributed by atoms with Gasteiger partial charge in [0, 0.05) is 24.3 Å². The van der Waals surface area contributed by atoms with Crippen LogP contribution in [-0.4, -0.2) is 22.6 Å². The van der Waals surface area contributed by atoms with E-state index in [2.05, 4.69) is 41.4 Å². The number of rotatable bonds is 5. The highest BCUT2D eigenvalue weighted by Crippen LogP contribution is 2.29. The van der Waals surface area contributed by atoms with Crippen molar-refractivity contribution in [2.45, 2.75) is 58.9 Å². The van der Waals surface area contributed by atoms with Gasteiger partial charge in [-0.15, -0.1) is 0 Å². The summed E-state index contributed by atoms with van der Waals surface area (Å²) in [7, 11) is 0. The summed E-state index contributed by atoms with van der Waals surface area (Å²) >= 11 is 0. The molecule has 4 nitrogen and oxygen atoms in total. The Hall–Kier alpha value is -1.32. The Bertz CT molecular complexity index is 405. The van der Waals surface area contributed by atoms with E-state index in [1.54, 1.807) is 0 Å². The van der Waals surface area contributed by atoms with Crippen molar-refractivity contribution in [2.24, 2.45) is 5.92 Å². The van der Waals surface area contributed by atoms with E-state index in [-0.39, 0.29) is 0 Å². The summed E-state index contributed by atoms with van der Waals surface area (Å²) in [6.07, 6.45) is 8.47. The second-order valence-corrected chi connectivity index (χ2v) is 5.46. The molecule has 0 aliphatic heterocycles. The smallest absolute Gasteiger partial charge is 0.224 e. The predicted octanol–water partition coefficient (Wildman–Crippen LogP) is 3.60. The molecule has 0 aromatic carbocycles. The largest absolute Gasteiger partial charge is 0.367 e. The van der Waals surface area contributed by atoms with Crippen molar-refractivity contribution in [1.29, 1.82) is 0 Å². The lowest BCUT2D eigenvalue weighted by molar-refractivity contribution is 0.316. The molecule has 1 heterocycles. The number of nitrogens with zero attached hydrogens (tertiary/aromatic N) is 2. The van der Waals surface area contributed by atoms with Crippen LogP contribution in [0.5, 0.6) is 0 Å². The van der Waals surface area contributed by atoms with E-state index < -0.39 is 0 Å². The van der Waals surface area contributed by atoms with Crippen LogP contribution in [0, 0.1) is 12.8 Å². The van der Waals surface area contributed by atoms with Gasteiger partial charge in [-0.05, 0) is 32.6 Å². The number of hydrogen-bond donors (Lipinski definition) is 2. The molecule has 1 fully saturated rings. The van der Waals surface area contributed by atoms with Crippen LogP contribution in [0.4, 0.5) is 11.8 Å². The fourth-order valence-electron chi connectivity index (χ4n) is 2.89. The highest BCUT2D eigenvalue weighted by Gasteiger charge is 2.24. The number of aromatic nitrogens is 2. The van der Waals surface area contributed by atoms with Gasteiger partial charge < -0.3 is 10.6 Å². The van der Waals surface area contributed by atoms with Gasteiger partial charge in [0.25, 0.3) is 0 Å². The van der Waals surface area contributed by atoms with E-state index in [1.165, 1.54) is 32.1 Å². The van der Waals surface area contributed by atoms with E-state index >= 15 is 0 Å². The van der Waals surface area contributed by atoms with Crippen molar-refractivity contribution in [3.63, 3.8) is 0 Å². The molecule has 0 spiro atoms. The molecule has 2 N–H and O–H groups in total. The van der Waals surface area contributed by atoms with Gasteiger partial charge in [-0.25, -0.2) is 4.98 Å². The average Bonchev–Trinajstić information content (AvgIpc) is 2.43. The zero-order chi connectivity index (χ0) is 13.7. The second-order valence-electron chi connectivity index (χ2n) is 5.46. The zero-order valence-corrected chi connectivity index (χ0v) is 12.4. The van der Waals surface area contributed by atoms with Gasteiger partial charge in [0.05, 0.1) is 0 Å². The first-order valence-electron chi connectivity index (χ1n) is 7.58. The number of anilines is 2. The number of hydrogen-bond acceptors (Lipinski definition) is 4. The van der Waals surface area contributed by atoms with Crippen LogP contribution in [0.1, 0.15) is 51.5 Å². The highest BCUT2D eigenvalue weighted by molar-refractivity contribution is 5.47. The van der Waals surface area contributed by atoms with Gasteiger partial charge in [-0.1, -0.05) is 26.2 Å². The van der Waals surface area contributed by atoms with Gasteiger partial charge in [0.1, 0.15) is 5.82 Å². The van der Waals surface area contributed by atoms with Crippen LogP contribution >= 0.6 is 0 Å². The lowest BCUT2D eigenvalue weighted by Gasteiger charge is -2.32. The molecular weight excluding hydrogens is 236 g/mol. The molecule has 2 atom stereocenters. The van der Waals surface area contributed by atoms with Crippen LogP contribution < -0.4 is 10.6 Å². The predicted molar refractivity (Wildman–Crippen MR) is 80.6 cm³/mol. The third-order valence-corrected chi connectivity index (χ3v) is 4.06. The summed E-state index contributed by atoms with van der Waals surface area (Å²) in [6.45, 7) is 7.28. The third-order valence-electron chi connectivity index (χ3n) is 4.06. The van der Waals surface area contributed by atoms with Crippen LogP contribution in [-0.2, 0) is 0 Å². The Morgan fingerprint density at radius 1 is 1.26 bits per heavy atom. The monoisotopic (exact) mass is 262 g/mol. The van der Waals surface area contributed by atoms with Crippen molar-refractivity contribution in [2.75, 3.05) is 17.2 Å². The maximum atomic E-state index is 4.59. The Kier molecular flexibility index (Phi) is 5.00. The molecular formula is C15H26N4. The summed E-state index contributed by atoms with van der Waals surface area (Å²) < 4.78 is 0. The van der Waals surface area contributed by atoms with Crippen molar-refractivity contribution in [1.82, 2.24) is 9.97 Å². The molecule has 19 heavy (non-hydrogen) atoms. The lowest BCUT2D eigenvalue weighted by atomic mass is 9.83. The van der Waals surface area contributed by atoms with Crippen molar-refractivity contribution in [3.8, 4) is 0 Å². The summed E-state index contributed by atoms with van der Waals surface area (Å²) in [5, 5.41) is 6.83. The van der Waals surface area contributed by atoms with E-state index in [4.69, 9.17) is 0 Å². The molecule has 1 aromatic rings. The normalized spacial score (nSPS) is 23.1. The average molecular weight is 262 g/mol. The summed E-state index contributed by atoms with van der Waals surface area (Å²) in [4.78, 5) is 8.89. The third kappa shape index (κ3) is 3.58. The number of nitrogens with one attached hydrogen (secondary N) is 2. The first-order valence-corrected chi connectivity index (χ1v) is 7.58. The van der Waals surface area contributed by atoms with Crippen molar-refractivity contribution in [3.05, 3.63) is 11.8 Å². The maximum absolute atomic E-state index is 4.59. The standard InChI is InChI=1S/C15H26N4/c1-4-12-8-6-7-9-13(12)18-14-11(3)10-17-15(19-14)16-5-2/h10,12-13H,4-9H2,1-3H3,(H2,16,17,18,19). The minimum atomic E-state index is 0.571. The van der Waals surface area contributed by atoms with Gasteiger partial charge in [-0.2, -0.15) is 4.98 Å². The van der Waals surface area contributed by atoms with Gasteiger partial charge in [0.15, 0.2) is 0 Å². The zero-order valence-electron chi connectivity index (χ0n) is 12.4. The van der Waals surface area contributed by atoms with Crippen LogP contribution in [0.3, 0.4) is 0 Å². The second kappa shape index (κ2) is 6.73. The fourth-order valence-corrected chi connectivity index (χ4v) is 2.89. The Balaban J connectivity index is 2.10. The molecule has 2 unspecified atom stereocenters. The first kappa shape index (κ1) is 14.1. The van der Waals surface area contributed by atoms with Crippen LogP contribution in [0.15, 0.2) is 6.20 Å². The van der Waals surface area contributed by atoms with Gasteiger partial charge in [-0.3, -0.25) is 0 Å². The summed E-state index contributed by atoms with van der Waals surface area (Å²) in [5.41, 5.74) is 1.13. The molecule has 106 valence electrons. The molecule has 1 saturated carbocycles. The van der Waals surface area contributed by atoms with Gasteiger partial charge in [0.2, 0.25) is 5.95 Å². The highest BCUT2D eigenvalue weighted by atomic mass is 15.1. The minimum Gasteiger partial charge on any atom is -0.367 e. The van der Waals surface area contributed by atoms with Crippen molar-refractivity contribution < 1.29 is 0 Å². The van der Waals surface area contributed by atoms with Crippen LogP contribution in [0.2, 0.25) is 0 Å². The molecule has 0 saturated heterocycles. The molecule has 1 aliphatic carbocycles. The first-order chi connectivity index (χ1) is 9.24. The molecule has 4 heteroatoms. The summed E-state index contributed by atoms with van der Waals surface area (Å²) in [6, 6.07) is 0.571. The Labute approximate surface area is 116 Å². The summed E-state index contributed by atoms with van der Waals surface area (Å²) in [5.74, 6) is 2.50. The fraction of sp³-hybridized carbons (Fsp3) is 0.733. The maximum Gasteiger partial charge on any atom is 0.224 e. The molecule has 1 aliphatic rings. The molecule has 0 amide bonds. The van der Waals surface area contributed by atoms with Gasteiger partial charge >= 0.3 is 0 Å². The minimum absolute atomic E-state index is 0.571. The Morgan fingerprint density at radius 2 is 2.05 bits per heavy atom. The topological polar surface area (TPSA) is 49.8 Å². The van der Waals surface area contributed by atoms with Crippen molar-refractivity contribution >= 4 is 11.8 Å².